The molecule has 2 bridgehead atoms. The fourth-order valence-corrected chi connectivity index (χ4v) is 2.85. The van der Waals surface area contributed by atoms with E-state index in [1.165, 1.54) is 0 Å². The highest BCUT2D eigenvalue weighted by Gasteiger charge is 2.69. The van der Waals surface area contributed by atoms with Crippen molar-refractivity contribution in [2.75, 3.05) is 0 Å². The van der Waals surface area contributed by atoms with Crippen LogP contribution in [0.1, 0.15) is 40.0 Å². The lowest BCUT2D eigenvalue weighted by molar-refractivity contribution is -0.128. The topological polar surface area (TPSA) is 37.3 Å². The SMILES string of the molecule is CC12CCC(O)(CC1=O)C2(C)C. The summed E-state index contributed by atoms with van der Waals surface area (Å²) in [6, 6.07) is 0. The molecule has 2 atom stereocenters. The fourth-order valence-electron chi connectivity index (χ4n) is 2.85. The lowest BCUT2D eigenvalue weighted by Crippen LogP contribution is -2.39. The average molecular weight is 168 g/mol. The number of aliphatic hydroxyl groups is 1. The normalized spacial score (nSPS) is 50.2. The first-order chi connectivity index (χ1) is 5.33. The molecule has 1 N–H and O–H groups in total. The maximum atomic E-state index is 11.6. The molecule has 2 aliphatic rings. The Kier molecular flexibility index (Phi) is 1.21. The van der Waals surface area contributed by atoms with E-state index in [2.05, 4.69) is 0 Å². The van der Waals surface area contributed by atoms with Gasteiger partial charge in [-0.15, -0.1) is 0 Å². The third-order valence-electron chi connectivity index (χ3n) is 4.65. The Bertz CT molecular complexity index is 257. The number of rotatable bonds is 0. The average Bonchev–Trinajstić information content (AvgIpc) is 2.18. The third-order valence-corrected chi connectivity index (χ3v) is 4.65. The molecule has 0 saturated heterocycles. The summed E-state index contributed by atoms with van der Waals surface area (Å²) in [5.41, 5.74) is -1.20. The van der Waals surface area contributed by atoms with Crippen LogP contribution in [0.2, 0.25) is 0 Å². The van der Waals surface area contributed by atoms with E-state index < -0.39 is 5.60 Å². The second-order valence-corrected chi connectivity index (χ2v) is 5.09. The Morgan fingerprint density at radius 2 is 1.83 bits per heavy atom. The zero-order valence-electron chi connectivity index (χ0n) is 7.98. The van der Waals surface area contributed by atoms with Gasteiger partial charge in [-0.3, -0.25) is 4.79 Å². The largest absolute Gasteiger partial charge is 0.389 e. The molecular formula is C10H16O2. The number of hydrogen-bond donors (Lipinski definition) is 1. The standard InChI is InChI=1S/C10H16O2/c1-8(2)9(3)4-5-10(8,12)6-7(9)11/h12H,4-6H2,1-3H3. The molecule has 0 heterocycles. The summed E-state index contributed by atoms with van der Waals surface area (Å²) < 4.78 is 0. The minimum atomic E-state index is -0.709. The highest BCUT2D eigenvalue weighted by atomic mass is 16.3. The molecule has 2 rings (SSSR count). The highest BCUT2D eigenvalue weighted by molar-refractivity contribution is 5.90. The minimum absolute atomic E-state index is 0.225. The van der Waals surface area contributed by atoms with Crippen LogP contribution in [-0.2, 0) is 4.79 Å². The van der Waals surface area contributed by atoms with Gasteiger partial charge in [0.2, 0.25) is 0 Å². The van der Waals surface area contributed by atoms with E-state index in [0.29, 0.717) is 6.42 Å². The minimum Gasteiger partial charge on any atom is -0.389 e. The predicted octanol–water partition coefficient (Wildman–Crippen LogP) is 1.52. The molecule has 2 saturated carbocycles. The highest BCUT2D eigenvalue weighted by Crippen LogP contribution is 2.65. The van der Waals surface area contributed by atoms with Crippen LogP contribution >= 0.6 is 0 Å². The van der Waals surface area contributed by atoms with Crippen LogP contribution < -0.4 is 0 Å². The van der Waals surface area contributed by atoms with E-state index in [4.69, 9.17) is 0 Å². The molecule has 2 unspecified atom stereocenters. The number of fused-ring (bicyclic) bond motifs is 2. The van der Waals surface area contributed by atoms with Crippen molar-refractivity contribution in [2.45, 2.75) is 45.6 Å². The summed E-state index contributed by atoms with van der Waals surface area (Å²) in [5, 5.41) is 10.2. The monoisotopic (exact) mass is 168 g/mol. The van der Waals surface area contributed by atoms with Crippen molar-refractivity contribution in [3.8, 4) is 0 Å². The fraction of sp³-hybridized carbons (Fsp3) is 0.900. The van der Waals surface area contributed by atoms with Crippen molar-refractivity contribution in [3.05, 3.63) is 0 Å². The molecule has 0 aromatic heterocycles. The molecule has 0 aliphatic heterocycles. The van der Waals surface area contributed by atoms with Crippen molar-refractivity contribution >= 4 is 5.78 Å². The Morgan fingerprint density at radius 1 is 1.25 bits per heavy atom. The Morgan fingerprint density at radius 3 is 2.00 bits per heavy atom. The molecule has 2 fully saturated rings. The van der Waals surface area contributed by atoms with E-state index in [9.17, 15) is 9.90 Å². The zero-order valence-corrected chi connectivity index (χ0v) is 7.98. The first kappa shape index (κ1) is 8.24. The van der Waals surface area contributed by atoms with Crippen molar-refractivity contribution in [3.63, 3.8) is 0 Å². The second kappa shape index (κ2) is 1.77. The van der Waals surface area contributed by atoms with Gasteiger partial charge in [0.1, 0.15) is 5.78 Å². The van der Waals surface area contributed by atoms with Crippen molar-refractivity contribution < 1.29 is 9.90 Å². The lowest BCUT2D eigenvalue weighted by Gasteiger charge is -2.36. The molecule has 0 aromatic rings. The molecule has 0 spiro atoms. The first-order valence-electron chi connectivity index (χ1n) is 4.59. The summed E-state index contributed by atoms with van der Waals surface area (Å²) in [6.45, 7) is 6.04. The molecule has 2 aliphatic carbocycles. The second-order valence-electron chi connectivity index (χ2n) is 5.09. The molecule has 68 valence electrons. The van der Waals surface area contributed by atoms with E-state index in [1.807, 2.05) is 20.8 Å². The van der Waals surface area contributed by atoms with Crippen molar-refractivity contribution in [1.82, 2.24) is 0 Å². The van der Waals surface area contributed by atoms with Crippen LogP contribution in [0.15, 0.2) is 0 Å². The maximum absolute atomic E-state index is 11.6. The van der Waals surface area contributed by atoms with E-state index >= 15 is 0 Å². The smallest absolute Gasteiger partial charge is 0.142 e. The summed E-state index contributed by atoms with van der Waals surface area (Å²) in [7, 11) is 0. The van der Waals surface area contributed by atoms with Gasteiger partial charge < -0.3 is 5.11 Å². The van der Waals surface area contributed by atoms with Gasteiger partial charge in [-0.1, -0.05) is 20.8 Å². The van der Waals surface area contributed by atoms with Gasteiger partial charge in [-0.05, 0) is 12.8 Å². The molecule has 12 heavy (non-hydrogen) atoms. The Hall–Kier alpha value is -0.370. The van der Waals surface area contributed by atoms with Crippen LogP contribution in [0.4, 0.5) is 0 Å². The van der Waals surface area contributed by atoms with Gasteiger partial charge in [0.25, 0.3) is 0 Å². The number of hydrogen-bond acceptors (Lipinski definition) is 2. The summed E-state index contributed by atoms with van der Waals surface area (Å²) in [6.07, 6.45) is 2.02. The number of carbonyl (C=O) groups excluding carboxylic acids is 1. The third kappa shape index (κ3) is 0.565. The predicted molar refractivity (Wildman–Crippen MR) is 45.7 cm³/mol. The molecule has 0 radical (unpaired) electrons. The van der Waals surface area contributed by atoms with Gasteiger partial charge in [0.15, 0.2) is 0 Å². The Labute approximate surface area is 73.0 Å². The Balaban J connectivity index is 2.56. The molecule has 0 aromatic carbocycles. The maximum Gasteiger partial charge on any atom is 0.142 e. The summed E-state index contributed by atoms with van der Waals surface area (Å²) in [5.74, 6) is 0.251. The van der Waals surface area contributed by atoms with Crippen molar-refractivity contribution in [2.24, 2.45) is 10.8 Å². The van der Waals surface area contributed by atoms with Gasteiger partial charge >= 0.3 is 0 Å². The zero-order chi connectivity index (χ0) is 9.20. The van der Waals surface area contributed by atoms with Gasteiger partial charge in [-0.25, -0.2) is 0 Å². The van der Waals surface area contributed by atoms with Gasteiger partial charge in [0, 0.05) is 17.3 Å². The lowest BCUT2D eigenvalue weighted by atomic mass is 9.69. The summed E-state index contributed by atoms with van der Waals surface area (Å²) >= 11 is 0. The van der Waals surface area contributed by atoms with Crippen LogP contribution in [0.25, 0.3) is 0 Å². The van der Waals surface area contributed by atoms with Crippen molar-refractivity contribution in [1.29, 1.82) is 0 Å². The molecule has 2 nitrogen and oxygen atoms in total. The van der Waals surface area contributed by atoms with E-state index in [0.717, 1.165) is 12.8 Å². The number of ketones is 1. The number of carbonyl (C=O) groups is 1. The summed E-state index contributed by atoms with van der Waals surface area (Å²) in [4.78, 5) is 11.6. The quantitative estimate of drug-likeness (QED) is 0.595. The van der Waals surface area contributed by atoms with Crippen LogP contribution in [0, 0.1) is 10.8 Å². The van der Waals surface area contributed by atoms with Gasteiger partial charge in [0.05, 0.1) is 5.60 Å². The molecule has 2 heteroatoms. The first-order valence-corrected chi connectivity index (χ1v) is 4.59. The molecular weight excluding hydrogens is 152 g/mol. The van der Waals surface area contributed by atoms with Crippen LogP contribution in [0.5, 0.6) is 0 Å². The van der Waals surface area contributed by atoms with Gasteiger partial charge in [-0.2, -0.15) is 0 Å². The number of Topliss-reactive ketones (excluding diaryl/α,β-unsaturated/α-hetero) is 1. The van der Waals surface area contributed by atoms with E-state index in [-0.39, 0.29) is 16.6 Å². The van der Waals surface area contributed by atoms with Crippen LogP contribution in [0.3, 0.4) is 0 Å². The van der Waals surface area contributed by atoms with Crippen LogP contribution in [-0.4, -0.2) is 16.5 Å². The van der Waals surface area contributed by atoms with E-state index in [1.54, 1.807) is 0 Å². The molecule has 0 amide bonds.